The normalized spacial score (nSPS) is 20.3. The number of aryl methyl sites for hydroxylation is 1. The number of aromatic nitrogens is 3. The van der Waals surface area contributed by atoms with Crippen LogP contribution in [0.2, 0.25) is 0 Å². The van der Waals surface area contributed by atoms with E-state index in [9.17, 15) is 9.90 Å². The zero-order valence-corrected chi connectivity index (χ0v) is 16.0. The zero-order valence-electron chi connectivity index (χ0n) is 16.0. The monoisotopic (exact) mass is 390 g/mol. The molecule has 0 bridgehead atoms. The summed E-state index contributed by atoms with van der Waals surface area (Å²) in [5, 5.41) is 23.5. The molecule has 1 aliphatic carbocycles. The van der Waals surface area contributed by atoms with E-state index in [0.29, 0.717) is 23.1 Å². The maximum Gasteiger partial charge on any atom is 0.249 e. The highest BCUT2D eigenvalue weighted by Crippen LogP contribution is 2.29. The smallest absolute Gasteiger partial charge is 0.249 e. The number of rotatable bonds is 5. The van der Waals surface area contributed by atoms with Crippen LogP contribution >= 0.6 is 0 Å². The molecule has 1 amide bonds. The molecule has 3 aromatic rings. The number of anilines is 3. The second-order valence-corrected chi connectivity index (χ2v) is 7.58. The average Bonchev–Trinajstić information content (AvgIpc) is 3.33. The molecule has 148 valence electrons. The van der Waals surface area contributed by atoms with E-state index in [2.05, 4.69) is 21.0 Å². The van der Waals surface area contributed by atoms with Crippen molar-refractivity contribution >= 4 is 35.0 Å². The van der Waals surface area contributed by atoms with Gasteiger partial charge in [-0.2, -0.15) is 9.61 Å². The molecule has 29 heavy (non-hydrogen) atoms. The van der Waals surface area contributed by atoms with Gasteiger partial charge in [-0.25, -0.2) is 4.98 Å². The summed E-state index contributed by atoms with van der Waals surface area (Å²) in [6.45, 7) is 2.04. The molecule has 2 aromatic heterocycles. The standard InChI is InChI=1S/C21H22N6O2/c1-12-4-2-3-5-16(12)24-17-10-18(23-15-6-7-15)27-20(25-17)14(11-22-27)8-13-9-19(28)26-21(13)29/h2-5,8,10-11,15,19,23,28H,6-7,9H2,1H3,(H,24,25)(H,26,29)/b13-8+. The SMILES string of the molecule is Cc1ccccc1Nc1cc(NC2CC2)n2ncc(/C=C3\CC(O)NC3=O)c2n1. The number of fused-ring (bicyclic) bond motifs is 1. The van der Waals surface area contributed by atoms with Crippen molar-refractivity contribution in [2.75, 3.05) is 10.6 Å². The first-order chi connectivity index (χ1) is 14.1. The Morgan fingerprint density at radius 2 is 2.14 bits per heavy atom. The minimum atomic E-state index is -0.839. The first-order valence-electron chi connectivity index (χ1n) is 9.74. The Morgan fingerprint density at radius 3 is 2.86 bits per heavy atom. The lowest BCUT2D eigenvalue weighted by atomic mass is 10.1. The van der Waals surface area contributed by atoms with Crippen LogP contribution in [-0.4, -0.2) is 37.9 Å². The molecule has 2 fully saturated rings. The molecule has 5 rings (SSSR count). The van der Waals surface area contributed by atoms with E-state index in [-0.39, 0.29) is 12.3 Å². The minimum absolute atomic E-state index is 0.262. The molecule has 1 saturated carbocycles. The van der Waals surface area contributed by atoms with Gasteiger partial charge in [-0.3, -0.25) is 4.79 Å². The highest BCUT2D eigenvalue weighted by Gasteiger charge is 2.26. The van der Waals surface area contributed by atoms with Crippen LogP contribution in [0.25, 0.3) is 11.7 Å². The molecule has 8 heteroatoms. The van der Waals surface area contributed by atoms with Gasteiger partial charge in [-0.05, 0) is 37.5 Å². The summed E-state index contributed by atoms with van der Waals surface area (Å²) in [5.41, 5.74) is 4.01. The van der Waals surface area contributed by atoms with Crippen LogP contribution in [-0.2, 0) is 4.79 Å². The number of hydrogen-bond acceptors (Lipinski definition) is 6. The maximum atomic E-state index is 12.0. The Morgan fingerprint density at radius 1 is 1.31 bits per heavy atom. The first-order valence-corrected chi connectivity index (χ1v) is 9.74. The summed E-state index contributed by atoms with van der Waals surface area (Å²) in [6.07, 6.45) is 5.16. The van der Waals surface area contributed by atoms with Crippen LogP contribution in [0, 0.1) is 6.92 Å². The van der Waals surface area contributed by atoms with E-state index >= 15 is 0 Å². The number of nitrogens with one attached hydrogen (secondary N) is 3. The molecule has 1 atom stereocenters. The van der Waals surface area contributed by atoms with Crippen LogP contribution in [0.15, 0.2) is 42.1 Å². The molecule has 1 saturated heterocycles. The zero-order chi connectivity index (χ0) is 20.0. The summed E-state index contributed by atoms with van der Waals surface area (Å²) in [7, 11) is 0. The third-order valence-corrected chi connectivity index (χ3v) is 5.17. The molecular formula is C21H22N6O2. The number of amides is 1. The van der Waals surface area contributed by atoms with Crippen LogP contribution < -0.4 is 16.0 Å². The van der Waals surface area contributed by atoms with Crippen LogP contribution in [0.4, 0.5) is 17.3 Å². The maximum absolute atomic E-state index is 12.0. The third-order valence-electron chi connectivity index (χ3n) is 5.17. The molecular weight excluding hydrogens is 368 g/mol. The molecule has 8 nitrogen and oxygen atoms in total. The van der Waals surface area contributed by atoms with Crippen LogP contribution in [0.3, 0.4) is 0 Å². The van der Waals surface area contributed by atoms with E-state index in [1.807, 2.05) is 37.3 Å². The first kappa shape index (κ1) is 17.7. The second-order valence-electron chi connectivity index (χ2n) is 7.58. The summed E-state index contributed by atoms with van der Waals surface area (Å²) in [4.78, 5) is 16.8. The van der Waals surface area contributed by atoms with E-state index in [4.69, 9.17) is 4.98 Å². The van der Waals surface area contributed by atoms with Gasteiger partial charge in [-0.15, -0.1) is 0 Å². The largest absolute Gasteiger partial charge is 0.373 e. The van der Waals surface area contributed by atoms with Gasteiger partial charge in [-0.1, -0.05) is 18.2 Å². The highest BCUT2D eigenvalue weighted by atomic mass is 16.3. The van der Waals surface area contributed by atoms with Gasteiger partial charge in [0.1, 0.15) is 17.9 Å². The Balaban J connectivity index is 1.58. The van der Waals surface area contributed by atoms with Crippen molar-refractivity contribution in [1.29, 1.82) is 0 Å². The van der Waals surface area contributed by atoms with Gasteiger partial charge in [0.2, 0.25) is 5.91 Å². The highest BCUT2D eigenvalue weighted by molar-refractivity contribution is 6.00. The summed E-state index contributed by atoms with van der Waals surface area (Å²) in [5.74, 6) is 1.29. The fraction of sp³-hybridized carbons (Fsp3) is 0.286. The van der Waals surface area contributed by atoms with E-state index in [1.165, 1.54) is 0 Å². The molecule has 2 aliphatic rings. The van der Waals surface area contributed by atoms with Crippen molar-refractivity contribution in [2.24, 2.45) is 0 Å². The molecule has 4 N–H and O–H groups in total. The Hall–Kier alpha value is -3.39. The van der Waals surface area contributed by atoms with Crippen molar-refractivity contribution in [3.8, 4) is 0 Å². The van der Waals surface area contributed by atoms with Gasteiger partial charge in [0.25, 0.3) is 0 Å². The number of para-hydroxylation sites is 1. The lowest BCUT2D eigenvalue weighted by molar-refractivity contribution is -0.117. The molecule has 3 heterocycles. The Labute approximate surface area is 167 Å². The molecule has 1 aliphatic heterocycles. The molecule has 0 radical (unpaired) electrons. The average molecular weight is 390 g/mol. The van der Waals surface area contributed by atoms with Gasteiger partial charge in [0.05, 0.1) is 6.20 Å². The minimum Gasteiger partial charge on any atom is -0.373 e. The van der Waals surface area contributed by atoms with Crippen LogP contribution in [0.1, 0.15) is 30.4 Å². The van der Waals surface area contributed by atoms with Crippen molar-refractivity contribution in [2.45, 2.75) is 38.5 Å². The molecule has 0 spiro atoms. The molecule has 1 unspecified atom stereocenters. The van der Waals surface area contributed by atoms with Crippen molar-refractivity contribution < 1.29 is 9.90 Å². The van der Waals surface area contributed by atoms with Crippen molar-refractivity contribution in [1.82, 2.24) is 19.9 Å². The number of hydrogen-bond donors (Lipinski definition) is 4. The number of aliphatic hydroxyl groups excluding tert-OH is 1. The predicted octanol–water partition coefficient (Wildman–Crippen LogP) is 2.58. The van der Waals surface area contributed by atoms with Gasteiger partial charge < -0.3 is 21.1 Å². The van der Waals surface area contributed by atoms with E-state index in [1.54, 1.807) is 16.8 Å². The van der Waals surface area contributed by atoms with E-state index in [0.717, 1.165) is 35.5 Å². The number of aliphatic hydroxyl groups is 1. The van der Waals surface area contributed by atoms with Gasteiger partial charge >= 0.3 is 0 Å². The fourth-order valence-corrected chi connectivity index (χ4v) is 3.44. The lowest BCUT2D eigenvalue weighted by Gasteiger charge is -2.13. The van der Waals surface area contributed by atoms with Crippen molar-refractivity contribution in [3.63, 3.8) is 0 Å². The quantitative estimate of drug-likeness (QED) is 0.499. The Kier molecular flexibility index (Phi) is 4.21. The van der Waals surface area contributed by atoms with Gasteiger partial charge in [0, 0.05) is 35.4 Å². The van der Waals surface area contributed by atoms with Crippen LogP contribution in [0.5, 0.6) is 0 Å². The number of carbonyl (C=O) groups excluding carboxylic acids is 1. The van der Waals surface area contributed by atoms with Gasteiger partial charge in [0.15, 0.2) is 5.65 Å². The number of nitrogens with zero attached hydrogens (tertiary/aromatic N) is 3. The summed E-state index contributed by atoms with van der Waals surface area (Å²) in [6, 6.07) is 10.4. The number of carbonyl (C=O) groups is 1. The summed E-state index contributed by atoms with van der Waals surface area (Å²) >= 11 is 0. The summed E-state index contributed by atoms with van der Waals surface area (Å²) < 4.78 is 1.76. The third kappa shape index (κ3) is 3.54. The van der Waals surface area contributed by atoms with Crippen molar-refractivity contribution in [3.05, 3.63) is 53.2 Å². The lowest BCUT2D eigenvalue weighted by Crippen LogP contribution is -2.24. The number of benzene rings is 1. The molecule has 1 aromatic carbocycles. The predicted molar refractivity (Wildman–Crippen MR) is 111 cm³/mol. The Bertz CT molecular complexity index is 1130. The topological polar surface area (TPSA) is 104 Å². The second kappa shape index (κ2) is 6.89. The fourth-order valence-electron chi connectivity index (χ4n) is 3.44. The van der Waals surface area contributed by atoms with E-state index < -0.39 is 6.23 Å².